The van der Waals surface area contributed by atoms with E-state index in [9.17, 15) is 45.6 Å². The minimum atomic E-state index is -1.79. The van der Waals surface area contributed by atoms with Gasteiger partial charge in [0.05, 0.1) is 32.0 Å². The lowest BCUT2D eigenvalue weighted by molar-refractivity contribution is -0.359. The molecule has 602 valence electrons. The number of carbonyl (C=O) groups is 1. The smallest absolute Gasteiger partial charge is 0.220 e. The van der Waals surface area contributed by atoms with Crippen molar-refractivity contribution in [2.45, 2.75) is 434 Å². The van der Waals surface area contributed by atoms with Crippen molar-refractivity contribution in [3.8, 4) is 0 Å². The second-order valence-corrected chi connectivity index (χ2v) is 29.9. The molecule has 2 aliphatic heterocycles. The molecule has 0 aromatic heterocycles. The molecule has 14 nitrogen and oxygen atoms in total. The SMILES string of the molecule is CC/C=C\C/C=C\C/C=C\C/C=C\C/C=C\C/C=C\C/C=C\C/C=C\CCCCCCCCCCCCCCCCC(=O)NC(COC1OC(CO)C(OC2OC(CO)C(O)C(O)C2O)C(O)C1O)C(O)/C=C/CCCCCCCCCCCCCCCCCCCCCCCCCCCCCCC. The summed E-state index contributed by atoms with van der Waals surface area (Å²) in [6.45, 7) is 2.73. The Bertz CT molecular complexity index is 2170. The number of hydrogen-bond acceptors (Lipinski definition) is 13. The average molecular weight is 1460 g/mol. The topological polar surface area (TPSA) is 228 Å². The number of aliphatic hydroxyl groups excluding tert-OH is 8. The molecule has 0 radical (unpaired) electrons. The predicted molar refractivity (Wildman–Crippen MR) is 433 cm³/mol. The Morgan fingerprint density at radius 2 is 0.663 bits per heavy atom. The number of nitrogens with one attached hydrogen (secondary N) is 1. The molecule has 12 unspecified atom stereocenters. The van der Waals surface area contributed by atoms with Crippen LogP contribution in [0.1, 0.15) is 361 Å². The molecule has 2 rings (SSSR count). The highest BCUT2D eigenvalue weighted by molar-refractivity contribution is 5.76. The Morgan fingerprint density at radius 3 is 1.02 bits per heavy atom. The number of aliphatic hydroxyl groups is 8. The van der Waals surface area contributed by atoms with E-state index < -0.39 is 86.8 Å². The third-order valence-electron chi connectivity index (χ3n) is 20.5. The molecule has 104 heavy (non-hydrogen) atoms. The monoisotopic (exact) mass is 1460 g/mol. The number of amides is 1. The van der Waals surface area contributed by atoms with Gasteiger partial charge in [-0.1, -0.05) is 380 Å². The van der Waals surface area contributed by atoms with Crippen molar-refractivity contribution in [1.82, 2.24) is 5.32 Å². The van der Waals surface area contributed by atoms with Gasteiger partial charge in [-0.15, -0.1) is 0 Å². The van der Waals surface area contributed by atoms with Crippen molar-refractivity contribution in [2.24, 2.45) is 0 Å². The van der Waals surface area contributed by atoms with E-state index in [2.05, 4.69) is 116 Å². The molecule has 9 N–H and O–H groups in total. The molecular formula is C90H159NO13. The van der Waals surface area contributed by atoms with Gasteiger partial charge in [-0.3, -0.25) is 4.79 Å². The summed E-state index contributed by atoms with van der Waals surface area (Å²) >= 11 is 0. The highest BCUT2D eigenvalue weighted by Crippen LogP contribution is 2.30. The third-order valence-corrected chi connectivity index (χ3v) is 20.5. The molecule has 2 heterocycles. The number of allylic oxidation sites excluding steroid dienone is 17. The van der Waals surface area contributed by atoms with E-state index in [-0.39, 0.29) is 18.9 Å². The maximum absolute atomic E-state index is 13.4. The van der Waals surface area contributed by atoms with E-state index in [1.165, 1.54) is 244 Å². The number of unbranched alkanes of at least 4 members (excludes halogenated alkanes) is 43. The summed E-state index contributed by atoms with van der Waals surface area (Å²) < 4.78 is 22.9. The zero-order valence-electron chi connectivity index (χ0n) is 66.2. The number of carbonyl (C=O) groups excluding carboxylic acids is 1. The van der Waals surface area contributed by atoms with Gasteiger partial charge in [0.25, 0.3) is 0 Å². The second kappa shape index (κ2) is 72.5. The third kappa shape index (κ3) is 54.3. The van der Waals surface area contributed by atoms with Gasteiger partial charge in [0, 0.05) is 6.42 Å². The molecule has 12 atom stereocenters. The summed E-state index contributed by atoms with van der Waals surface area (Å²) in [6, 6.07) is -0.923. The van der Waals surface area contributed by atoms with Crippen LogP contribution in [0.4, 0.5) is 0 Å². The van der Waals surface area contributed by atoms with E-state index in [1.807, 2.05) is 6.08 Å². The fraction of sp³-hybridized carbons (Fsp3) is 0.789. The maximum atomic E-state index is 13.4. The van der Waals surface area contributed by atoms with Gasteiger partial charge < -0.3 is 65.1 Å². The maximum Gasteiger partial charge on any atom is 0.220 e. The first-order valence-corrected chi connectivity index (χ1v) is 43.1. The minimum absolute atomic E-state index is 0.238. The van der Waals surface area contributed by atoms with Crippen molar-refractivity contribution in [3.05, 3.63) is 109 Å². The Kier molecular flexibility index (Phi) is 67.4. The van der Waals surface area contributed by atoms with Crippen LogP contribution >= 0.6 is 0 Å². The van der Waals surface area contributed by atoms with E-state index in [1.54, 1.807) is 6.08 Å². The lowest BCUT2D eigenvalue weighted by atomic mass is 9.97. The van der Waals surface area contributed by atoms with Gasteiger partial charge >= 0.3 is 0 Å². The fourth-order valence-corrected chi connectivity index (χ4v) is 13.7. The molecule has 0 saturated carbocycles. The normalized spacial score (nSPS) is 22.0. The Labute approximate surface area is 636 Å². The van der Waals surface area contributed by atoms with Crippen molar-refractivity contribution < 1.29 is 64.6 Å². The van der Waals surface area contributed by atoms with Crippen LogP contribution in [0.15, 0.2) is 109 Å². The minimum Gasteiger partial charge on any atom is -0.394 e. The zero-order chi connectivity index (χ0) is 75.1. The molecule has 0 aromatic rings. The first-order chi connectivity index (χ1) is 51.1. The molecule has 14 heteroatoms. The van der Waals surface area contributed by atoms with Gasteiger partial charge in [0.15, 0.2) is 12.6 Å². The molecule has 2 saturated heterocycles. The summed E-state index contributed by atoms with van der Waals surface area (Å²) in [5.41, 5.74) is 0. The molecule has 0 spiro atoms. The zero-order valence-corrected chi connectivity index (χ0v) is 66.2. The van der Waals surface area contributed by atoms with E-state index in [4.69, 9.17) is 18.9 Å². The Morgan fingerprint density at radius 1 is 0.356 bits per heavy atom. The van der Waals surface area contributed by atoms with Crippen LogP contribution in [0.2, 0.25) is 0 Å². The van der Waals surface area contributed by atoms with Crippen molar-refractivity contribution in [2.75, 3.05) is 19.8 Å². The van der Waals surface area contributed by atoms with Crippen LogP contribution in [-0.2, 0) is 23.7 Å². The fourth-order valence-electron chi connectivity index (χ4n) is 13.7. The van der Waals surface area contributed by atoms with Crippen LogP contribution in [0.5, 0.6) is 0 Å². The van der Waals surface area contributed by atoms with Crippen molar-refractivity contribution in [3.63, 3.8) is 0 Å². The van der Waals surface area contributed by atoms with Crippen molar-refractivity contribution >= 4 is 5.91 Å². The molecule has 0 aromatic carbocycles. The van der Waals surface area contributed by atoms with Crippen LogP contribution < -0.4 is 5.32 Å². The van der Waals surface area contributed by atoms with Gasteiger partial charge in [0.2, 0.25) is 5.91 Å². The first-order valence-electron chi connectivity index (χ1n) is 43.1. The standard InChI is InChI=1S/C90H159NO13/c1-3-5-7-9-11-13-15-17-19-21-23-25-27-29-31-33-35-36-37-38-39-40-41-42-44-46-48-50-52-54-56-58-60-62-64-66-68-70-72-74-82(95)91-78(77-101-89-87(100)85(98)88(81(76-93)103-89)104-90-86(99)84(97)83(96)80(75-92)102-90)79(94)73-71-69-67-65-63-61-59-57-55-53-51-49-47-45-43-34-32-30-28-26-24-22-20-18-16-14-12-10-8-6-4-2/h5,7,11,13,17,19,23,25,29,31,35-36,38-39,41-42,71,73,78-81,83-90,92-94,96-100H,3-4,6,8-10,12,14-16,18,20-22,24,26-28,30,32-34,37,40,43-70,72,74-77H2,1-2H3,(H,91,95)/b7-5-,13-11-,19-17-,25-23-,31-29-,36-35-,39-38-,42-41-,73-71+. The lowest BCUT2D eigenvalue weighted by Gasteiger charge is -2.46. The summed E-state index contributed by atoms with van der Waals surface area (Å²) in [5.74, 6) is -0.238. The Balaban J connectivity index is 1.59. The summed E-state index contributed by atoms with van der Waals surface area (Å²) in [4.78, 5) is 13.4. The van der Waals surface area contributed by atoms with Gasteiger partial charge in [-0.2, -0.15) is 0 Å². The number of ether oxygens (including phenoxy) is 4. The van der Waals surface area contributed by atoms with E-state index >= 15 is 0 Å². The molecule has 1 amide bonds. The quantitative estimate of drug-likeness (QED) is 0.0204. The van der Waals surface area contributed by atoms with Crippen LogP contribution in [0.3, 0.4) is 0 Å². The van der Waals surface area contributed by atoms with E-state index in [0.717, 1.165) is 89.9 Å². The van der Waals surface area contributed by atoms with Crippen LogP contribution in [0, 0.1) is 0 Å². The van der Waals surface area contributed by atoms with Crippen LogP contribution in [0.25, 0.3) is 0 Å². The van der Waals surface area contributed by atoms with Gasteiger partial charge in [0.1, 0.15) is 48.8 Å². The van der Waals surface area contributed by atoms with E-state index in [0.29, 0.717) is 6.42 Å². The molecule has 0 bridgehead atoms. The summed E-state index contributed by atoms with van der Waals surface area (Å²) in [6.07, 6.45) is 88.9. The highest BCUT2D eigenvalue weighted by Gasteiger charge is 2.51. The van der Waals surface area contributed by atoms with Gasteiger partial charge in [-0.05, 0) is 83.5 Å². The lowest BCUT2D eigenvalue weighted by Crippen LogP contribution is -2.65. The molecule has 0 aliphatic carbocycles. The van der Waals surface area contributed by atoms with Crippen LogP contribution in [-0.4, -0.2) is 140 Å². The average Bonchev–Trinajstić information content (AvgIpc) is 0.791. The Hall–Kier alpha value is -3.35. The molecular weight excluding hydrogens is 1300 g/mol. The number of hydrogen-bond donors (Lipinski definition) is 9. The first kappa shape index (κ1) is 96.7. The predicted octanol–water partition coefficient (Wildman–Crippen LogP) is 20.6. The second-order valence-electron chi connectivity index (χ2n) is 29.9. The highest BCUT2D eigenvalue weighted by atomic mass is 16.7. The molecule has 2 fully saturated rings. The van der Waals surface area contributed by atoms with Crippen molar-refractivity contribution in [1.29, 1.82) is 0 Å². The summed E-state index contributed by atoms with van der Waals surface area (Å²) in [5, 5.41) is 87.8. The number of rotatable bonds is 72. The summed E-state index contributed by atoms with van der Waals surface area (Å²) in [7, 11) is 0. The largest absolute Gasteiger partial charge is 0.394 e. The van der Waals surface area contributed by atoms with Gasteiger partial charge in [-0.25, -0.2) is 0 Å². The molecule has 2 aliphatic rings.